The lowest BCUT2D eigenvalue weighted by Crippen LogP contribution is -2.51. The van der Waals surface area contributed by atoms with E-state index in [0.717, 1.165) is 31.6 Å². The normalized spacial score (nSPS) is 20.7. The van der Waals surface area contributed by atoms with Gasteiger partial charge in [-0.25, -0.2) is 4.39 Å². The number of nitrogens with one attached hydrogen (secondary N) is 1. The van der Waals surface area contributed by atoms with Crippen molar-refractivity contribution in [2.75, 3.05) is 24.5 Å². The van der Waals surface area contributed by atoms with Gasteiger partial charge in [0.2, 0.25) is 0 Å². The second-order valence-corrected chi connectivity index (χ2v) is 4.62. The Labute approximate surface area is 109 Å². The van der Waals surface area contributed by atoms with E-state index in [4.69, 9.17) is 0 Å². The summed E-state index contributed by atoms with van der Waals surface area (Å²) in [4.78, 5) is 1.91. The molecule has 19 heavy (non-hydrogen) atoms. The van der Waals surface area contributed by atoms with Crippen LogP contribution in [0.15, 0.2) is 18.2 Å². The Bertz CT molecular complexity index is 445. The van der Waals surface area contributed by atoms with Crippen molar-refractivity contribution < 1.29 is 17.6 Å². The highest BCUT2D eigenvalue weighted by Crippen LogP contribution is 2.34. The number of piperazine rings is 1. The maximum Gasteiger partial charge on any atom is 0.419 e. The Hall–Kier alpha value is -1.30. The standard InChI is InChI=1S/C13H16F4N2/c1-2-9-8-18-5-6-19(9)10-3-4-12(14)11(7-10)13(15,16)17/h3-4,7,9,18H,2,5-6,8H2,1H3. The van der Waals surface area contributed by atoms with Gasteiger partial charge in [0.1, 0.15) is 5.82 Å². The Balaban J connectivity index is 2.34. The molecule has 1 unspecified atom stereocenters. The largest absolute Gasteiger partial charge is 0.419 e. The van der Waals surface area contributed by atoms with Gasteiger partial charge in [0.25, 0.3) is 0 Å². The molecule has 6 heteroatoms. The van der Waals surface area contributed by atoms with E-state index in [1.807, 2.05) is 11.8 Å². The third-order valence-corrected chi connectivity index (χ3v) is 3.41. The van der Waals surface area contributed by atoms with Gasteiger partial charge in [0.15, 0.2) is 0 Å². The minimum absolute atomic E-state index is 0.139. The second kappa shape index (κ2) is 5.36. The Morgan fingerprint density at radius 2 is 2.11 bits per heavy atom. The molecule has 1 atom stereocenters. The molecule has 0 saturated carbocycles. The van der Waals surface area contributed by atoms with E-state index in [1.54, 1.807) is 0 Å². The van der Waals surface area contributed by atoms with E-state index in [2.05, 4.69) is 5.32 Å². The van der Waals surface area contributed by atoms with Crippen LogP contribution in [0.25, 0.3) is 0 Å². The van der Waals surface area contributed by atoms with Crippen molar-refractivity contribution in [3.63, 3.8) is 0 Å². The van der Waals surface area contributed by atoms with Gasteiger partial charge in [-0.3, -0.25) is 0 Å². The average molecular weight is 276 g/mol. The van der Waals surface area contributed by atoms with Crippen LogP contribution in [0.1, 0.15) is 18.9 Å². The summed E-state index contributed by atoms with van der Waals surface area (Å²) in [6.45, 7) is 4.06. The molecular formula is C13H16F4N2. The topological polar surface area (TPSA) is 15.3 Å². The molecule has 106 valence electrons. The Morgan fingerprint density at radius 3 is 2.74 bits per heavy atom. The highest BCUT2D eigenvalue weighted by molar-refractivity contribution is 5.51. The lowest BCUT2D eigenvalue weighted by atomic mass is 10.1. The SMILES string of the molecule is CCC1CNCCN1c1ccc(F)c(C(F)(F)F)c1. The molecule has 0 amide bonds. The number of anilines is 1. The first-order valence-electron chi connectivity index (χ1n) is 6.27. The molecular weight excluding hydrogens is 260 g/mol. The summed E-state index contributed by atoms with van der Waals surface area (Å²) >= 11 is 0. The van der Waals surface area contributed by atoms with Gasteiger partial charge in [0.05, 0.1) is 5.56 Å². The van der Waals surface area contributed by atoms with E-state index in [-0.39, 0.29) is 6.04 Å². The molecule has 0 spiro atoms. The number of benzene rings is 1. The van der Waals surface area contributed by atoms with Gasteiger partial charge in [-0.2, -0.15) is 13.2 Å². The van der Waals surface area contributed by atoms with E-state index < -0.39 is 17.6 Å². The highest BCUT2D eigenvalue weighted by Gasteiger charge is 2.35. The lowest BCUT2D eigenvalue weighted by Gasteiger charge is -2.37. The smallest absolute Gasteiger partial charge is 0.366 e. The quantitative estimate of drug-likeness (QED) is 0.835. The summed E-state index contributed by atoms with van der Waals surface area (Å²) in [7, 11) is 0. The predicted octanol–water partition coefficient (Wildman–Crippen LogP) is 3.03. The average Bonchev–Trinajstić information content (AvgIpc) is 2.38. The molecule has 1 N–H and O–H groups in total. The monoisotopic (exact) mass is 276 g/mol. The Morgan fingerprint density at radius 1 is 1.37 bits per heavy atom. The fourth-order valence-electron chi connectivity index (χ4n) is 2.37. The number of nitrogens with zero attached hydrogens (tertiary/aromatic N) is 1. The summed E-state index contributed by atoms with van der Waals surface area (Å²) < 4.78 is 51.4. The van der Waals surface area contributed by atoms with Crippen molar-refractivity contribution >= 4 is 5.69 Å². The molecule has 0 aromatic heterocycles. The molecule has 0 radical (unpaired) electrons. The van der Waals surface area contributed by atoms with Gasteiger partial charge in [0, 0.05) is 31.4 Å². The molecule has 0 bridgehead atoms. The van der Waals surface area contributed by atoms with Crippen LogP contribution in [0, 0.1) is 5.82 Å². The summed E-state index contributed by atoms with van der Waals surface area (Å²) in [6.07, 6.45) is -3.83. The molecule has 1 aliphatic rings. The third kappa shape index (κ3) is 3.00. The number of alkyl halides is 3. The first kappa shape index (κ1) is 14.1. The van der Waals surface area contributed by atoms with Gasteiger partial charge in [-0.1, -0.05) is 6.92 Å². The van der Waals surface area contributed by atoms with Crippen LogP contribution < -0.4 is 10.2 Å². The van der Waals surface area contributed by atoms with Crippen LogP contribution in [0.2, 0.25) is 0 Å². The first-order valence-corrected chi connectivity index (χ1v) is 6.27. The fraction of sp³-hybridized carbons (Fsp3) is 0.538. The zero-order valence-electron chi connectivity index (χ0n) is 10.6. The molecule has 1 aliphatic heterocycles. The molecule has 1 aromatic carbocycles. The van der Waals surface area contributed by atoms with Crippen LogP contribution in [0.4, 0.5) is 23.2 Å². The fourth-order valence-corrected chi connectivity index (χ4v) is 2.37. The van der Waals surface area contributed by atoms with Crippen LogP contribution >= 0.6 is 0 Å². The van der Waals surface area contributed by atoms with Gasteiger partial charge in [-0.05, 0) is 24.6 Å². The second-order valence-electron chi connectivity index (χ2n) is 4.62. The maximum absolute atomic E-state index is 13.3. The van der Waals surface area contributed by atoms with Crippen LogP contribution in [-0.4, -0.2) is 25.7 Å². The first-order chi connectivity index (χ1) is 8.93. The number of halogens is 4. The number of rotatable bonds is 2. The predicted molar refractivity (Wildman–Crippen MR) is 65.7 cm³/mol. The van der Waals surface area contributed by atoms with Gasteiger partial charge >= 0.3 is 6.18 Å². The van der Waals surface area contributed by atoms with E-state index >= 15 is 0 Å². The minimum Gasteiger partial charge on any atom is -0.366 e. The van der Waals surface area contributed by atoms with E-state index in [0.29, 0.717) is 12.2 Å². The van der Waals surface area contributed by atoms with Crippen molar-refractivity contribution in [3.8, 4) is 0 Å². The summed E-state index contributed by atoms with van der Waals surface area (Å²) in [5, 5.41) is 3.20. The van der Waals surface area contributed by atoms with Crippen LogP contribution in [-0.2, 0) is 6.18 Å². The van der Waals surface area contributed by atoms with E-state index in [1.165, 1.54) is 6.07 Å². The maximum atomic E-state index is 13.3. The minimum atomic E-state index is -4.66. The summed E-state index contributed by atoms with van der Waals surface area (Å²) in [5.74, 6) is -1.22. The van der Waals surface area contributed by atoms with Crippen molar-refractivity contribution in [3.05, 3.63) is 29.6 Å². The Kier molecular flexibility index (Phi) is 3.99. The molecule has 1 saturated heterocycles. The molecule has 1 aromatic rings. The lowest BCUT2D eigenvalue weighted by molar-refractivity contribution is -0.139. The molecule has 1 heterocycles. The van der Waals surface area contributed by atoms with Crippen molar-refractivity contribution in [1.82, 2.24) is 5.32 Å². The zero-order valence-corrected chi connectivity index (χ0v) is 10.6. The van der Waals surface area contributed by atoms with Gasteiger partial charge < -0.3 is 10.2 Å². The van der Waals surface area contributed by atoms with Gasteiger partial charge in [-0.15, -0.1) is 0 Å². The molecule has 2 rings (SSSR count). The molecule has 1 fully saturated rings. The molecule has 0 aliphatic carbocycles. The summed E-state index contributed by atoms with van der Waals surface area (Å²) in [5.41, 5.74) is -0.763. The zero-order chi connectivity index (χ0) is 14.0. The third-order valence-electron chi connectivity index (χ3n) is 3.41. The summed E-state index contributed by atoms with van der Waals surface area (Å²) in [6, 6.07) is 3.36. The van der Waals surface area contributed by atoms with Crippen LogP contribution in [0.5, 0.6) is 0 Å². The van der Waals surface area contributed by atoms with E-state index in [9.17, 15) is 17.6 Å². The van der Waals surface area contributed by atoms with Crippen molar-refractivity contribution in [1.29, 1.82) is 0 Å². The highest BCUT2D eigenvalue weighted by atomic mass is 19.4. The number of hydrogen-bond acceptors (Lipinski definition) is 2. The van der Waals surface area contributed by atoms with Crippen molar-refractivity contribution in [2.45, 2.75) is 25.6 Å². The van der Waals surface area contributed by atoms with Crippen molar-refractivity contribution in [2.24, 2.45) is 0 Å². The number of hydrogen-bond donors (Lipinski definition) is 1. The molecule has 2 nitrogen and oxygen atoms in total. The van der Waals surface area contributed by atoms with Crippen LogP contribution in [0.3, 0.4) is 0 Å².